The van der Waals surface area contributed by atoms with Gasteiger partial charge in [0.2, 0.25) is 0 Å². The lowest BCUT2D eigenvalue weighted by Crippen LogP contribution is -2.20. The second-order valence-electron chi connectivity index (χ2n) is 6.68. The third-order valence-corrected chi connectivity index (χ3v) is 5.62. The maximum atomic E-state index is 6.66. The van der Waals surface area contributed by atoms with Gasteiger partial charge in [-0.1, -0.05) is 23.2 Å². The molecular weight excluding hydrogens is 399 g/mol. The molecule has 1 aliphatic heterocycles. The first-order valence-corrected chi connectivity index (χ1v) is 9.78. The van der Waals surface area contributed by atoms with Gasteiger partial charge in [0.25, 0.3) is 0 Å². The molecule has 3 aromatic rings. The smallest absolute Gasteiger partial charge is 0.164 e. The van der Waals surface area contributed by atoms with Crippen LogP contribution in [0.15, 0.2) is 18.3 Å². The average Bonchev–Trinajstić information content (AvgIpc) is 3.22. The zero-order valence-corrected chi connectivity index (χ0v) is 17.4. The summed E-state index contributed by atoms with van der Waals surface area (Å²) in [6.07, 6.45) is 3.93. The number of ether oxygens (including phenoxy) is 2. The van der Waals surface area contributed by atoms with Crippen molar-refractivity contribution in [1.82, 2.24) is 15.0 Å². The lowest BCUT2D eigenvalue weighted by atomic mass is 10.1. The molecule has 1 aromatic carbocycles. The van der Waals surface area contributed by atoms with Gasteiger partial charge in [-0.25, -0.2) is 15.0 Å². The molecule has 0 radical (unpaired) electrons. The highest BCUT2D eigenvalue weighted by atomic mass is 35.5. The van der Waals surface area contributed by atoms with E-state index in [1.54, 1.807) is 26.5 Å². The van der Waals surface area contributed by atoms with E-state index in [1.165, 1.54) is 0 Å². The number of pyridine rings is 1. The molecule has 4 rings (SSSR count). The van der Waals surface area contributed by atoms with E-state index in [9.17, 15) is 0 Å². The van der Waals surface area contributed by atoms with E-state index >= 15 is 0 Å². The Kier molecular flexibility index (Phi) is 5.17. The van der Waals surface area contributed by atoms with Gasteiger partial charge in [-0.2, -0.15) is 0 Å². The van der Waals surface area contributed by atoms with Gasteiger partial charge in [-0.05, 0) is 25.8 Å². The fourth-order valence-corrected chi connectivity index (χ4v) is 4.12. The van der Waals surface area contributed by atoms with Crippen LogP contribution in [0.4, 0.5) is 5.82 Å². The van der Waals surface area contributed by atoms with Crippen LogP contribution >= 0.6 is 23.2 Å². The summed E-state index contributed by atoms with van der Waals surface area (Å²) in [6.45, 7) is 3.82. The van der Waals surface area contributed by atoms with Crippen molar-refractivity contribution in [2.24, 2.45) is 0 Å². The zero-order valence-electron chi connectivity index (χ0n) is 15.9. The number of halogens is 2. The largest absolute Gasteiger partial charge is 0.496 e. The van der Waals surface area contributed by atoms with Crippen molar-refractivity contribution in [3.05, 3.63) is 34.1 Å². The van der Waals surface area contributed by atoms with Crippen LogP contribution < -0.4 is 14.4 Å². The molecule has 0 N–H and O–H groups in total. The fraction of sp³-hybridized carbons (Fsp3) is 0.350. The van der Waals surface area contributed by atoms with Gasteiger partial charge < -0.3 is 14.4 Å². The quantitative estimate of drug-likeness (QED) is 0.560. The summed E-state index contributed by atoms with van der Waals surface area (Å²) in [5, 5.41) is 1.75. The Balaban J connectivity index is 2.01. The SMILES string of the molecule is COc1cc(OC)c(Cl)c(-c2nc(N3CCCC3)c3cc(Cl)ncc3n2)c1C. The average molecular weight is 419 g/mol. The lowest BCUT2D eigenvalue weighted by Gasteiger charge is -2.21. The first kappa shape index (κ1) is 19.0. The van der Waals surface area contributed by atoms with Crippen molar-refractivity contribution < 1.29 is 9.47 Å². The normalized spacial score (nSPS) is 14.0. The van der Waals surface area contributed by atoms with Gasteiger partial charge >= 0.3 is 0 Å². The molecule has 0 atom stereocenters. The second-order valence-corrected chi connectivity index (χ2v) is 7.45. The van der Waals surface area contributed by atoms with Crippen LogP contribution in [0.25, 0.3) is 22.3 Å². The Morgan fingerprint density at radius 2 is 1.71 bits per heavy atom. The number of fused-ring (bicyclic) bond motifs is 1. The minimum Gasteiger partial charge on any atom is -0.496 e. The Morgan fingerprint density at radius 3 is 2.39 bits per heavy atom. The molecule has 1 fully saturated rings. The van der Waals surface area contributed by atoms with Gasteiger partial charge in [0.05, 0.1) is 31.0 Å². The van der Waals surface area contributed by atoms with Crippen LogP contribution in [0.2, 0.25) is 10.2 Å². The highest BCUT2D eigenvalue weighted by Gasteiger charge is 2.23. The molecule has 6 nitrogen and oxygen atoms in total. The summed E-state index contributed by atoms with van der Waals surface area (Å²) >= 11 is 12.8. The molecule has 2 aromatic heterocycles. The number of hydrogen-bond donors (Lipinski definition) is 0. The minimum absolute atomic E-state index is 0.418. The number of hydrogen-bond acceptors (Lipinski definition) is 6. The topological polar surface area (TPSA) is 60.4 Å². The summed E-state index contributed by atoms with van der Waals surface area (Å²) in [4.78, 5) is 16.1. The van der Waals surface area contributed by atoms with Crippen LogP contribution in [0, 0.1) is 6.92 Å². The molecular formula is C20H20Cl2N4O2. The van der Waals surface area contributed by atoms with Crippen LogP contribution in [-0.2, 0) is 0 Å². The van der Waals surface area contributed by atoms with Crippen LogP contribution in [-0.4, -0.2) is 42.3 Å². The van der Waals surface area contributed by atoms with Crippen molar-refractivity contribution in [2.75, 3.05) is 32.2 Å². The maximum Gasteiger partial charge on any atom is 0.164 e. The molecule has 146 valence electrons. The van der Waals surface area contributed by atoms with E-state index in [4.69, 9.17) is 42.6 Å². The molecule has 0 unspecified atom stereocenters. The third-order valence-electron chi connectivity index (χ3n) is 5.04. The number of anilines is 1. The third kappa shape index (κ3) is 3.20. The molecule has 0 saturated carbocycles. The highest BCUT2D eigenvalue weighted by Crippen LogP contribution is 2.42. The molecule has 8 heteroatoms. The zero-order chi connectivity index (χ0) is 19.8. The molecule has 0 amide bonds. The van der Waals surface area contributed by atoms with E-state index < -0.39 is 0 Å². The first-order valence-electron chi connectivity index (χ1n) is 9.03. The van der Waals surface area contributed by atoms with E-state index in [0.717, 1.165) is 42.7 Å². The first-order chi connectivity index (χ1) is 13.5. The minimum atomic E-state index is 0.418. The highest BCUT2D eigenvalue weighted by molar-refractivity contribution is 6.35. The maximum absolute atomic E-state index is 6.66. The predicted octanol–water partition coefficient (Wildman–Crippen LogP) is 4.92. The molecule has 1 saturated heterocycles. The van der Waals surface area contributed by atoms with Crippen molar-refractivity contribution in [1.29, 1.82) is 0 Å². The van der Waals surface area contributed by atoms with Gasteiger partial charge in [-0.3, -0.25) is 0 Å². The van der Waals surface area contributed by atoms with Crippen molar-refractivity contribution in [3.63, 3.8) is 0 Å². The van der Waals surface area contributed by atoms with Crippen molar-refractivity contribution in [2.45, 2.75) is 19.8 Å². The molecule has 3 heterocycles. The number of rotatable bonds is 4. The number of methoxy groups -OCH3 is 2. The Morgan fingerprint density at radius 1 is 1.00 bits per heavy atom. The standard InChI is InChI=1S/C20H20Cl2N4O2/c1-11-14(27-2)9-15(28-3)18(22)17(11)19-24-13-10-23-16(21)8-12(13)20(25-19)26-6-4-5-7-26/h8-10H,4-7H2,1-3H3. The Hall–Kier alpha value is -2.31. The van der Waals surface area contributed by atoms with Gasteiger partial charge in [0.15, 0.2) is 5.82 Å². The summed E-state index contributed by atoms with van der Waals surface area (Å²) in [5.74, 6) is 2.54. The van der Waals surface area contributed by atoms with E-state index in [2.05, 4.69) is 9.88 Å². The summed E-state index contributed by atoms with van der Waals surface area (Å²) in [7, 11) is 3.19. The van der Waals surface area contributed by atoms with E-state index in [0.29, 0.717) is 38.6 Å². The molecule has 0 spiro atoms. The molecule has 0 bridgehead atoms. The lowest BCUT2D eigenvalue weighted by molar-refractivity contribution is 0.393. The van der Waals surface area contributed by atoms with E-state index in [1.807, 2.05) is 13.0 Å². The number of aromatic nitrogens is 3. The Labute approximate surface area is 173 Å². The fourth-order valence-electron chi connectivity index (χ4n) is 3.60. The summed E-state index contributed by atoms with van der Waals surface area (Å²) in [6, 6.07) is 3.58. The number of benzene rings is 1. The van der Waals surface area contributed by atoms with E-state index in [-0.39, 0.29) is 0 Å². The van der Waals surface area contributed by atoms with Crippen LogP contribution in [0.3, 0.4) is 0 Å². The van der Waals surface area contributed by atoms with Crippen LogP contribution in [0.5, 0.6) is 11.5 Å². The van der Waals surface area contributed by atoms with Gasteiger partial charge in [-0.15, -0.1) is 0 Å². The molecule has 1 aliphatic rings. The summed E-state index contributed by atoms with van der Waals surface area (Å²) < 4.78 is 10.9. The monoisotopic (exact) mass is 418 g/mol. The number of nitrogens with zero attached hydrogens (tertiary/aromatic N) is 4. The molecule has 0 aliphatic carbocycles. The summed E-state index contributed by atoms with van der Waals surface area (Å²) in [5.41, 5.74) is 2.26. The Bertz CT molecular complexity index is 1020. The van der Waals surface area contributed by atoms with Crippen LogP contribution in [0.1, 0.15) is 18.4 Å². The van der Waals surface area contributed by atoms with Gasteiger partial charge in [0, 0.05) is 35.7 Å². The van der Waals surface area contributed by atoms with Crippen molar-refractivity contribution >= 4 is 39.9 Å². The van der Waals surface area contributed by atoms with Gasteiger partial charge in [0.1, 0.15) is 22.5 Å². The second kappa shape index (κ2) is 7.60. The predicted molar refractivity (Wildman–Crippen MR) is 112 cm³/mol. The molecule has 28 heavy (non-hydrogen) atoms. The van der Waals surface area contributed by atoms with Crippen molar-refractivity contribution in [3.8, 4) is 22.9 Å².